The van der Waals surface area contributed by atoms with Gasteiger partial charge in [-0.2, -0.15) is 0 Å². The van der Waals surface area contributed by atoms with Crippen molar-refractivity contribution in [3.8, 4) is 0 Å². The van der Waals surface area contributed by atoms with Gasteiger partial charge in [-0.05, 0) is 12.5 Å². The summed E-state index contributed by atoms with van der Waals surface area (Å²) in [5.41, 5.74) is 0.893. The molecule has 0 saturated carbocycles. The molecular weight excluding hydrogens is 238 g/mol. The third-order valence-electron chi connectivity index (χ3n) is 1.70. The molecule has 0 fully saturated rings. The molecule has 0 aliphatic heterocycles. The van der Waals surface area contributed by atoms with E-state index in [2.05, 4.69) is 15.9 Å². The molecule has 0 aliphatic carbocycles. The standard InChI is InChI=1S/C10H11BrF2/c1-10(12,13)7-9(11)8-5-3-2-4-6-8/h2-6,9H,7H2,1H3. The molecule has 0 N–H and O–H groups in total. The summed E-state index contributed by atoms with van der Waals surface area (Å²) in [5, 5.41) is 0. The second-order valence-electron chi connectivity index (χ2n) is 3.15. The van der Waals surface area contributed by atoms with E-state index in [0.29, 0.717) is 0 Å². The summed E-state index contributed by atoms with van der Waals surface area (Å²) in [7, 11) is 0. The first-order valence-corrected chi connectivity index (χ1v) is 4.97. The van der Waals surface area contributed by atoms with Gasteiger partial charge in [0.05, 0.1) is 0 Å². The van der Waals surface area contributed by atoms with E-state index in [9.17, 15) is 8.78 Å². The molecule has 1 atom stereocenters. The van der Waals surface area contributed by atoms with E-state index in [0.717, 1.165) is 12.5 Å². The van der Waals surface area contributed by atoms with Gasteiger partial charge in [0.25, 0.3) is 0 Å². The highest BCUT2D eigenvalue weighted by Crippen LogP contribution is 2.33. The van der Waals surface area contributed by atoms with E-state index in [1.165, 1.54) is 0 Å². The van der Waals surface area contributed by atoms with Crippen molar-refractivity contribution in [2.24, 2.45) is 0 Å². The zero-order valence-corrected chi connectivity index (χ0v) is 8.89. The maximum atomic E-state index is 12.6. The molecule has 0 bridgehead atoms. The third kappa shape index (κ3) is 3.85. The van der Waals surface area contributed by atoms with Crippen molar-refractivity contribution < 1.29 is 8.78 Å². The summed E-state index contributed by atoms with van der Waals surface area (Å²) in [6.07, 6.45) is -0.170. The molecule has 0 aromatic heterocycles. The zero-order chi connectivity index (χ0) is 9.90. The van der Waals surface area contributed by atoms with Gasteiger partial charge < -0.3 is 0 Å². The van der Waals surface area contributed by atoms with Gasteiger partial charge in [-0.25, -0.2) is 8.78 Å². The van der Waals surface area contributed by atoms with Gasteiger partial charge in [0.1, 0.15) is 0 Å². The van der Waals surface area contributed by atoms with E-state index in [1.807, 2.05) is 30.3 Å². The number of rotatable bonds is 3. The van der Waals surface area contributed by atoms with Crippen LogP contribution >= 0.6 is 15.9 Å². The van der Waals surface area contributed by atoms with Crippen LogP contribution < -0.4 is 0 Å². The van der Waals surface area contributed by atoms with Crippen LogP contribution in [0.1, 0.15) is 23.7 Å². The molecule has 13 heavy (non-hydrogen) atoms. The monoisotopic (exact) mass is 248 g/mol. The predicted molar refractivity (Wildman–Crippen MR) is 53.3 cm³/mol. The van der Waals surface area contributed by atoms with Crippen LogP contribution in [0, 0.1) is 0 Å². The molecule has 0 radical (unpaired) electrons. The third-order valence-corrected chi connectivity index (χ3v) is 2.55. The van der Waals surface area contributed by atoms with Crippen molar-refractivity contribution in [2.45, 2.75) is 24.1 Å². The second-order valence-corrected chi connectivity index (χ2v) is 4.26. The van der Waals surface area contributed by atoms with Gasteiger partial charge >= 0.3 is 0 Å². The minimum Gasteiger partial charge on any atom is -0.207 e. The van der Waals surface area contributed by atoms with Gasteiger partial charge in [0.15, 0.2) is 0 Å². The van der Waals surface area contributed by atoms with Crippen molar-refractivity contribution in [1.29, 1.82) is 0 Å². The molecule has 0 heterocycles. The zero-order valence-electron chi connectivity index (χ0n) is 7.31. The van der Waals surface area contributed by atoms with Crippen molar-refractivity contribution in [1.82, 2.24) is 0 Å². The maximum absolute atomic E-state index is 12.6. The van der Waals surface area contributed by atoms with Crippen LogP contribution in [0.5, 0.6) is 0 Å². The average molecular weight is 249 g/mol. The quantitative estimate of drug-likeness (QED) is 0.705. The molecule has 0 aliphatic rings. The first-order valence-electron chi connectivity index (χ1n) is 4.06. The van der Waals surface area contributed by atoms with Gasteiger partial charge in [-0.3, -0.25) is 0 Å². The molecule has 0 nitrogen and oxygen atoms in total. The Hall–Kier alpha value is -0.440. The first kappa shape index (κ1) is 10.6. The SMILES string of the molecule is CC(F)(F)CC(Br)c1ccccc1. The lowest BCUT2D eigenvalue weighted by Crippen LogP contribution is -2.12. The predicted octanol–water partition coefficient (Wildman–Crippen LogP) is 4.17. The largest absolute Gasteiger partial charge is 0.246 e. The van der Waals surface area contributed by atoms with Crippen LogP contribution in [-0.4, -0.2) is 5.92 Å². The van der Waals surface area contributed by atoms with E-state index in [-0.39, 0.29) is 11.2 Å². The number of alkyl halides is 3. The highest BCUT2D eigenvalue weighted by molar-refractivity contribution is 9.09. The van der Waals surface area contributed by atoms with Crippen LogP contribution in [0.15, 0.2) is 30.3 Å². The van der Waals surface area contributed by atoms with Crippen LogP contribution in [0.25, 0.3) is 0 Å². The molecule has 0 amide bonds. The lowest BCUT2D eigenvalue weighted by molar-refractivity contribution is 0.0130. The van der Waals surface area contributed by atoms with E-state index in [4.69, 9.17) is 0 Å². The number of hydrogen-bond acceptors (Lipinski definition) is 0. The minimum absolute atomic E-state index is 0.170. The summed E-state index contributed by atoms with van der Waals surface area (Å²) in [4.78, 5) is -0.270. The molecule has 1 aromatic rings. The molecular formula is C10H11BrF2. The topological polar surface area (TPSA) is 0 Å². The van der Waals surface area contributed by atoms with E-state index in [1.54, 1.807) is 0 Å². The molecule has 1 aromatic carbocycles. The number of benzene rings is 1. The summed E-state index contributed by atoms with van der Waals surface area (Å²) >= 11 is 3.24. The van der Waals surface area contributed by atoms with Gasteiger partial charge in [0, 0.05) is 11.2 Å². The Balaban J connectivity index is 2.64. The fourth-order valence-corrected chi connectivity index (χ4v) is 1.97. The molecule has 1 rings (SSSR count). The van der Waals surface area contributed by atoms with Crippen LogP contribution in [0.4, 0.5) is 8.78 Å². The lowest BCUT2D eigenvalue weighted by Gasteiger charge is -2.15. The van der Waals surface area contributed by atoms with Crippen LogP contribution in [0.3, 0.4) is 0 Å². The highest BCUT2D eigenvalue weighted by atomic mass is 79.9. The first-order chi connectivity index (χ1) is 5.99. The Kier molecular flexibility index (Phi) is 3.42. The van der Waals surface area contributed by atoms with Gasteiger partial charge in [0.2, 0.25) is 5.92 Å². The molecule has 72 valence electrons. The van der Waals surface area contributed by atoms with Crippen molar-refractivity contribution in [2.75, 3.05) is 0 Å². The molecule has 0 spiro atoms. The Morgan fingerprint density at radius 1 is 1.31 bits per heavy atom. The van der Waals surface area contributed by atoms with Crippen molar-refractivity contribution in [3.63, 3.8) is 0 Å². The van der Waals surface area contributed by atoms with Crippen molar-refractivity contribution >= 4 is 15.9 Å². The Bertz CT molecular complexity index is 253. The maximum Gasteiger partial charge on any atom is 0.246 e. The molecule has 1 unspecified atom stereocenters. The number of hydrogen-bond donors (Lipinski definition) is 0. The normalized spacial score (nSPS) is 14.2. The summed E-state index contributed by atoms with van der Waals surface area (Å²) in [6.45, 7) is 0.935. The fraction of sp³-hybridized carbons (Fsp3) is 0.400. The van der Waals surface area contributed by atoms with Crippen LogP contribution in [0.2, 0.25) is 0 Å². The highest BCUT2D eigenvalue weighted by Gasteiger charge is 2.25. The summed E-state index contributed by atoms with van der Waals surface area (Å²) in [6, 6.07) is 9.23. The summed E-state index contributed by atoms with van der Waals surface area (Å²) in [5.74, 6) is -2.62. The van der Waals surface area contributed by atoms with E-state index >= 15 is 0 Å². The van der Waals surface area contributed by atoms with Crippen molar-refractivity contribution in [3.05, 3.63) is 35.9 Å². The lowest BCUT2D eigenvalue weighted by atomic mass is 10.1. The van der Waals surface area contributed by atoms with E-state index < -0.39 is 5.92 Å². The summed E-state index contributed by atoms with van der Waals surface area (Å²) < 4.78 is 25.3. The average Bonchev–Trinajstić information content (AvgIpc) is 2.03. The molecule has 0 saturated heterocycles. The number of halogens is 3. The Morgan fingerprint density at radius 3 is 2.31 bits per heavy atom. The smallest absolute Gasteiger partial charge is 0.207 e. The fourth-order valence-electron chi connectivity index (χ4n) is 1.09. The second kappa shape index (κ2) is 4.18. The minimum atomic E-state index is -2.62. The van der Waals surface area contributed by atoms with Gasteiger partial charge in [-0.1, -0.05) is 46.3 Å². The Labute approximate surface area is 85.1 Å². The van der Waals surface area contributed by atoms with Crippen LogP contribution in [-0.2, 0) is 0 Å². The molecule has 3 heteroatoms. The Morgan fingerprint density at radius 2 is 1.85 bits per heavy atom. The van der Waals surface area contributed by atoms with Gasteiger partial charge in [-0.15, -0.1) is 0 Å².